The van der Waals surface area contributed by atoms with Gasteiger partial charge in [-0.3, -0.25) is 0 Å². The molecule has 2 aliphatic heterocycles. The van der Waals surface area contributed by atoms with Gasteiger partial charge in [-0.05, 0) is 51.7 Å². The van der Waals surface area contributed by atoms with E-state index < -0.39 is 9.84 Å². The third-order valence-corrected chi connectivity index (χ3v) is 5.87. The molecule has 0 unspecified atom stereocenters. The molecule has 0 bridgehead atoms. The molecule has 2 fully saturated rings. The van der Waals surface area contributed by atoms with E-state index in [1.54, 1.807) is 0 Å². The normalized spacial score (nSPS) is 27.4. The van der Waals surface area contributed by atoms with Gasteiger partial charge < -0.3 is 10.2 Å². The minimum atomic E-state index is -2.72. The Morgan fingerprint density at radius 1 is 1.06 bits per heavy atom. The first kappa shape index (κ1) is 14.3. The summed E-state index contributed by atoms with van der Waals surface area (Å²) in [6.45, 7) is 5.83. The average Bonchev–Trinajstić information content (AvgIpc) is 2.35. The maximum Gasteiger partial charge on any atom is 0.150 e. The minimum absolute atomic E-state index is 0.374. The van der Waals surface area contributed by atoms with Crippen LogP contribution in [0.5, 0.6) is 0 Å². The predicted octanol–water partition coefficient (Wildman–Crippen LogP) is 1.03. The molecule has 5 heteroatoms. The van der Waals surface area contributed by atoms with Crippen molar-refractivity contribution < 1.29 is 8.42 Å². The quantitative estimate of drug-likeness (QED) is 0.832. The van der Waals surface area contributed by atoms with E-state index in [1.807, 2.05) is 0 Å². The van der Waals surface area contributed by atoms with Crippen molar-refractivity contribution in [2.45, 2.75) is 51.1 Å². The highest BCUT2D eigenvalue weighted by atomic mass is 32.2. The van der Waals surface area contributed by atoms with Gasteiger partial charge in [-0.25, -0.2) is 8.42 Å². The van der Waals surface area contributed by atoms with Crippen molar-refractivity contribution in [1.82, 2.24) is 10.2 Å². The molecule has 0 aromatic carbocycles. The van der Waals surface area contributed by atoms with Gasteiger partial charge in [-0.1, -0.05) is 6.92 Å². The lowest BCUT2D eigenvalue weighted by atomic mass is 10.0. The second-order valence-corrected chi connectivity index (χ2v) is 8.01. The molecule has 0 radical (unpaired) electrons. The molecule has 2 aliphatic rings. The second kappa shape index (κ2) is 6.35. The summed E-state index contributed by atoms with van der Waals surface area (Å²) in [5.74, 6) is 0.749. The SMILES string of the molecule is CCCN1CCC(NC2CCS(=O)(=O)CC2)CC1. The van der Waals surface area contributed by atoms with Gasteiger partial charge in [0.1, 0.15) is 9.84 Å². The first-order chi connectivity index (χ1) is 8.59. The smallest absolute Gasteiger partial charge is 0.150 e. The van der Waals surface area contributed by atoms with E-state index in [0.29, 0.717) is 23.6 Å². The van der Waals surface area contributed by atoms with Crippen LogP contribution < -0.4 is 5.32 Å². The summed E-state index contributed by atoms with van der Waals surface area (Å²) in [6.07, 6.45) is 5.26. The van der Waals surface area contributed by atoms with Crippen molar-refractivity contribution in [2.75, 3.05) is 31.1 Å². The van der Waals surface area contributed by atoms with Gasteiger partial charge in [0, 0.05) is 12.1 Å². The van der Waals surface area contributed by atoms with Crippen molar-refractivity contribution in [2.24, 2.45) is 0 Å². The van der Waals surface area contributed by atoms with Gasteiger partial charge in [0.25, 0.3) is 0 Å². The number of rotatable bonds is 4. The minimum Gasteiger partial charge on any atom is -0.311 e. The zero-order chi connectivity index (χ0) is 13.0. The van der Waals surface area contributed by atoms with Crippen molar-refractivity contribution in [3.8, 4) is 0 Å². The fourth-order valence-corrected chi connectivity index (χ4v) is 4.52. The van der Waals surface area contributed by atoms with Crippen molar-refractivity contribution in [3.05, 3.63) is 0 Å². The summed E-state index contributed by atoms with van der Waals surface area (Å²) >= 11 is 0. The summed E-state index contributed by atoms with van der Waals surface area (Å²) in [5, 5.41) is 3.67. The molecule has 2 saturated heterocycles. The Labute approximate surface area is 111 Å². The van der Waals surface area contributed by atoms with Gasteiger partial charge >= 0.3 is 0 Å². The first-order valence-corrected chi connectivity index (χ1v) is 9.10. The largest absolute Gasteiger partial charge is 0.311 e. The molecule has 0 aliphatic carbocycles. The molecule has 1 N–H and O–H groups in total. The fraction of sp³-hybridized carbons (Fsp3) is 1.00. The van der Waals surface area contributed by atoms with Gasteiger partial charge in [0.15, 0.2) is 0 Å². The molecule has 4 nitrogen and oxygen atoms in total. The van der Waals surface area contributed by atoms with Crippen LogP contribution in [-0.4, -0.2) is 56.5 Å². The van der Waals surface area contributed by atoms with E-state index >= 15 is 0 Å². The number of hydrogen-bond acceptors (Lipinski definition) is 4. The van der Waals surface area contributed by atoms with Crippen molar-refractivity contribution >= 4 is 9.84 Å². The Morgan fingerprint density at radius 3 is 2.17 bits per heavy atom. The molecule has 0 spiro atoms. The van der Waals surface area contributed by atoms with Gasteiger partial charge in [0.2, 0.25) is 0 Å². The topological polar surface area (TPSA) is 49.4 Å². The van der Waals surface area contributed by atoms with Gasteiger partial charge in [0.05, 0.1) is 11.5 Å². The highest BCUT2D eigenvalue weighted by Crippen LogP contribution is 2.16. The van der Waals surface area contributed by atoms with Gasteiger partial charge in [-0.2, -0.15) is 0 Å². The highest BCUT2D eigenvalue weighted by Gasteiger charge is 2.26. The maximum atomic E-state index is 11.4. The van der Waals surface area contributed by atoms with E-state index in [4.69, 9.17) is 0 Å². The lowest BCUT2D eigenvalue weighted by molar-refractivity contribution is 0.189. The Bertz CT molecular complexity index is 334. The number of sulfone groups is 1. The lowest BCUT2D eigenvalue weighted by Crippen LogP contribution is -2.48. The van der Waals surface area contributed by atoms with E-state index in [2.05, 4.69) is 17.1 Å². The number of nitrogens with one attached hydrogen (secondary N) is 1. The standard InChI is InChI=1S/C13H26N2O2S/c1-2-7-15-8-3-12(4-9-15)14-13-5-10-18(16,17)11-6-13/h12-14H,2-11H2,1H3. The van der Waals surface area contributed by atoms with E-state index in [9.17, 15) is 8.42 Å². The summed E-state index contributed by atoms with van der Waals surface area (Å²) in [7, 11) is -2.72. The number of likely N-dealkylation sites (tertiary alicyclic amines) is 1. The van der Waals surface area contributed by atoms with Crippen LogP contribution in [0, 0.1) is 0 Å². The van der Waals surface area contributed by atoms with Crippen LogP contribution in [-0.2, 0) is 9.84 Å². The Balaban J connectivity index is 1.69. The number of nitrogens with zero attached hydrogens (tertiary/aromatic N) is 1. The maximum absolute atomic E-state index is 11.4. The summed E-state index contributed by atoms with van der Waals surface area (Å²) in [4.78, 5) is 2.53. The first-order valence-electron chi connectivity index (χ1n) is 7.28. The zero-order valence-electron chi connectivity index (χ0n) is 11.4. The molecule has 2 heterocycles. The van der Waals surface area contributed by atoms with Crippen LogP contribution in [0.15, 0.2) is 0 Å². The average molecular weight is 274 g/mol. The predicted molar refractivity (Wildman–Crippen MR) is 74.6 cm³/mol. The molecule has 0 aromatic heterocycles. The molecular formula is C13H26N2O2S. The second-order valence-electron chi connectivity index (χ2n) is 5.71. The van der Waals surface area contributed by atoms with Crippen LogP contribution in [0.4, 0.5) is 0 Å². The molecular weight excluding hydrogens is 248 g/mol. The van der Waals surface area contributed by atoms with Crippen LogP contribution in [0.2, 0.25) is 0 Å². The molecule has 18 heavy (non-hydrogen) atoms. The Hall–Kier alpha value is -0.130. The zero-order valence-corrected chi connectivity index (χ0v) is 12.2. The monoisotopic (exact) mass is 274 g/mol. The summed E-state index contributed by atoms with van der Waals surface area (Å²) in [5.41, 5.74) is 0. The van der Waals surface area contributed by atoms with Crippen LogP contribution in [0.3, 0.4) is 0 Å². The molecule has 0 amide bonds. The Morgan fingerprint density at radius 2 is 1.61 bits per heavy atom. The summed E-state index contributed by atoms with van der Waals surface area (Å²) in [6, 6.07) is 1.03. The summed E-state index contributed by atoms with van der Waals surface area (Å²) < 4.78 is 22.7. The van der Waals surface area contributed by atoms with E-state index in [0.717, 1.165) is 12.8 Å². The van der Waals surface area contributed by atoms with E-state index in [1.165, 1.54) is 38.9 Å². The molecule has 106 valence electrons. The van der Waals surface area contributed by atoms with Gasteiger partial charge in [-0.15, -0.1) is 0 Å². The number of hydrogen-bond donors (Lipinski definition) is 1. The van der Waals surface area contributed by atoms with E-state index in [-0.39, 0.29) is 0 Å². The highest BCUT2D eigenvalue weighted by molar-refractivity contribution is 7.91. The third-order valence-electron chi connectivity index (χ3n) is 4.15. The molecule has 2 rings (SSSR count). The fourth-order valence-electron chi connectivity index (χ4n) is 3.03. The third kappa shape index (κ3) is 4.21. The molecule has 0 atom stereocenters. The van der Waals surface area contributed by atoms with Crippen LogP contribution in [0.25, 0.3) is 0 Å². The Kier molecular flexibility index (Phi) is 5.04. The van der Waals surface area contributed by atoms with Crippen LogP contribution >= 0.6 is 0 Å². The van der Waals surface area contributed by atoms with Crippen LogP contribution in [0.1, 0.15) is 39.0 Å². The lowest BCUT2D eigenvalue weighted by Gasteiger charge is -2.35. The van der Waals surface area contributed by atoms with Crippen molar-refractivity contribution in [3.63, 3.8) is 0 Å². The number of piperidine rings is 1. The molecule has 0 saturated carbocycles. The van der Waals surface area contributed by atoms with Crippen molar-refractivity contribution in [1.29, 1.82) is 0 Å². The molecule has 0 aromatic rings.